The van der Waals surface area contributed by atoms with E-state index in [0.717, 1.165) is 29.6 Å². The third kappa shape index (κ3) is 4.65. The Labute approximate surface area is 251 Å². The minimum atomic E-state index is 0.710. The van der Waals surface area contributed by atoms with Gasteiger partial charge in [0.1, 0.15) is 0 Å². The SMILES string of the molecule is C1=Cc2c(n(-c3nccc(-c4cccc(-c5ccc(-c6ccccc6)cc5)c4)n3)c3cc(-c4ccccc4)ccc23)CC1. The third-order valence-corrected chi connectivity index (χ3v) is 8.38. The molecule has 0 atom stereocenters. The quantitative estimate of drug-likeness (QED) is 0.213. The van der Waals surface area contributed by atoms with Crippen LogP contribution >= 0.6 is 0 Å². The highest BCUT2D eigenvalue weighted by atomic mass is 15.2. The van der Waals surface area contributed by atoms with Gasteiger partial charge in [-0.3, -0.25) is 4.57 Å². The first-order valence-corrected chi connectivity index (χ1v) is 14.8. The first-order valence-electron chi connectivity index (χ1n) is 14.8. The molecular formula is C40H29N3. The third-order valence-electron chi connectivity index (χ3n) is 8.38. The molecule has 2 heterocycles. The van der Waals surface area contributed by atoms with Gasteiger partial charge in [0, 0.05) is 28.4 Å². The van der Waals surface area contributed by atoms with E-state index >= 15 is 0 Å². The molecule has 0 aliphatic heterocycles. The van der Waals surface area contributed by atoms with E-state index in [1.54, 1.807) is 0 Å². The molecule has 0 saturated carbocycles. The Balaban J connectivity index is 1.20. The summed E-state index contributed by atoms with van der Waals surface area (Å²) in [6, 6.07) is 47.2. The van der Waals surface area contributed by atoms with Crippen LogP contribution in [0.15, 0.2) is 146 Å². The van der Waals surface area contributed by atoms with Crippen LogP contribution in [0.5, 0.6) is 0 Å². The summed E-state index contributed by atoms with van der Waals surface area (Å²) in [7, 11) is 0. The molecule has 0 spiro atoms. The number of aromatic nitrogens is 3. The molecule has 3 heteroatoms. The number of rotatable bonds is 5. The van der Waals surface area contributed by atoms with Gasteiger partial charge in [0.15, 0.2) is 0 Å². The maximum absolute atomic E-state index is 5.16. The highest BCUT2D eigenvalue weighted by Gasteiger charge is 2.21. The minimum Gasteiger partial charge on any atom is -0.282 e. The number of hydrogen-bond acceptors (Lipinski definition) is 2. The summed E-state index contributed by atoms with van der Waals surface area (Å²) in [6.45, 7) is 0. The van der Waals surface area contributed by atoms with Crippen LogP contribution < -0.4 is 0 Å². The van der Waals surface area contributed by atoms with E-state index in [9.17, 15) is 0 Å². The van der Waals surface area contributed by atoms with Gasteiger partial charge < -0.3 is 0 Å². The average Bonchev–Trinajstić information content (AvgIpc) is 3.43. The Morgan fingerprint density at radius 2 is 1.14 bits per heavy atom. The van der Waals surface area contributed by atoms with Gasteiger partial charge in [-0.15, -0.1) is 0 Å². The summed E-state index contributed by atoms with van der Waals surface area (Å²) < 4.78 is 2.27. The topological polar surface area (TPSA) is 30.7 Å². The summed E-state index contributed by atoms with van der Waals surface area (Å²) in [6.07, 6.45) is 8.39. The molecule has 43 heavy (non-hydrogen) atoms. The van der Waals surface area contributed by atoms with Crippen LogP contribution in [0.1, 0.15) is 17.7 Å². The normalized spacial score (nSPS) is 12.4. The fourth-order valence-electron chi connectivity index (χ4n) is 6.22. The van der Waals surface area contributed by atoms with Gasteiger partial charge >= 0.3 is 0 Å². The minimum absolute atomic E-state index is 0.710. The predicted molar refractivity (Wildman–Crippen MR) is 178 cm³/mol. The van der Waals surface area contributed by atoms with Crippen LogP contribution in [0.25, 0.3) is 67.6 Å². The zero-order chi connectivity index (χ0) is 28.6. The van der Waals surface area contributed by atoms with E-state index in [-0.39, 0.29) is 0 Å². The second-order valence-electron chi connectivity index (χ2n) is 11.0. The van der Waals surface area contributed by atoms with E-state index < -0.39 is 0 Å². The first kappa shape index (κ1) is 25.2. The van der Waals surface area contributed by atoms with Gasteiger partial charge in [0.25, 0.3) is 0 Å². The molecule has 204 valence electrons. The van der Waals surface area contributed by atoms with Crippen LogP contribution in [0.4, 0.5) is 0 Å². The molecule has 3 nitrogen and oxygen atoms in total. The molecule has 2 aromatic heterocycles. The van der Waals surface area contributed by atoms with E-state index in [2.05, 4.69) is 144 Å². The van der Waals surface area contributed by atoms with Crippen molar-refractivity contribution >= 4 is 17.0 Å². The van der Waals surface area contributed by atoms with E-state index in [1.807, 2.05) is 12.3 Å². The fraction of sp³-hybridized carbons (Fsp3) is 0.0500. The lowest BCUT2D eigenvalue weighted by atomic mass is 9.98. The number of fused-ring (bicyclic) bond motifs is 3. The summed E-state index contributed by atoms with van der Waals surface area (Å²) in [5, 5.41) is 1.24. The number of nitrogens with zero attached hydrogens (tertiary/aromatic N) is 3. The lowest BCUT2D eigenvalue weighted by molar-refractivity contribution is 0.847. The largest absolute Gasteiger partial charge is 0.282 e. The van der Waals surface area contributed by atoms with Crippen LogP contribution in [0, 0.1) is 0 Å². The van der Waals surface area contributed by atoms with Crippen molar-refractivity contribution in [1.29, 1.82) is 0 Å². The van der Waals surface area contributed by atoms with E-state index in [0.29, 0.717) is 5.95 Å². The Morgan fingerprint density at radius 1 is 0.535 bits per heavy atom. The summed E-state index contributed by atoms with van der Waals surface area (Å²) in [4.78, 5) is 9.98. The number of allylic oxidation sites excluding steroid dienone is 1. The Hall–Kier alpha value is -5.54. The molecular weight excluding hydrogens is 522 g/mol. The monoisotopic (exact) mass is 551 g/mol. The fourth-order valence-corrected chi connectivity index (χ4v) is 6.22. The first-order chi connectivity index (χ1) is 21.3. The van der Waals surface area contributed by atoms with Gasteiger partial charge in [-0.1, -0.05) is 127 Å². The molecule has 0 fully saturated rings. The molecule has 0 bridgehead atoms. The van der Waals surface area contributed by atoms with Gasteiger partial charge in [-0.05, 0) is 64.4 Å². The maximum Gasteiger partial charge on any atom is 0.234 e. The lowest BCUT2D eigenvalue weighted by Gasteiger charge is -2.13. The molecule has 0 saturated heterocycles. The van der Waals surface area contributed by atoms with Gasteiger partial charge in [-0.25, -0.2) is 9.97 Å². The standard InChI is InChI=1S/C40H29N3/c1-3-10-28(11-4-1)30-18-20-31(21-19-30)32-14-9-15-34(26-32)37-24-25-41-40(42-37)43-38-17-8-7-16-35(38)36-23-22-33(27-39(36)43)29-12-5-2-6-13-29/h1-7,9-16,18-27H,8,17H2. The van der Waals surface area contributed by atoms with Crippen LogP contribution in [0.2, 0.25) is 0 Å². The Bertz CT molecular complexity index is 2100. The molecule has 0 unspecified atom stereocenters. The lowest BCUT2D eigenvalue weighted by Crippen LogP contribution is -2.07. The van der Waals surface area contributed by atoms with Gasteiger partial charge in [0.05, 0.1) is 11.2 Å². The zero-order valence-corrected chi connectivity index (χ0v) is 23.7. The predicted octanol–water partition coefficient (Wildman–Crippen LogP) is 10.0. The Morgan fingerprint density at radius 3 is 1.91 bits per heavy atom. The van der Waals surface area contributed by atoms with Crippen molar-refractivity contribution in [2.75, 3.05) is 0 Å². The Kier molecular flexibility index (Phi) is 6.27. The van der Waals surface area contributed by atoms with Crippen molar-refractivity contribution in [3.63, 3.8) is 0 Å². The second kappa shape index (κ2) is 10.7. The van der Waals surface area contributed by atoms with Crippen molar-refractivity contribution in [1.82, 2.24) is 14.5 Å². The molecule has 0 radical (unpaired) electrons. The summed E-state index contributed by atoms with van der Waals surface area (Å²) in [5.41, 5.74) is 12.9. The smallest absolute Gasteiger partial charge is 0.234 e. The van der Waals surface area contributed by atoms with Gasteiger partial charge in [-0.2, -0.15) is 0 Å². The van der Waals surface area contributed by atoms with Crippen molar-refractivity contribution in [2.45, 2.75) is 12.8 Å². The van der Waals surface area contributed by atoms with E-state index in [1.165, 1.54) is 50.0 Å². The van der Waals surface area contributed by atoms with Crippen molar-refractivity contribution in [2.24, 2.45) is 0 Å². The molecule has 0 N–H and O–H groups in total. The van der Waals surface area contributed by atoms with Crippen molar-refractivity contribution < 1.29 is 0 Å². The van der Waals surface area contributed by atoms with Crippen LogP contribution in [-0.4, -0.2) is 14.5 Å². The molecule has 7 aromatic rings. The average molecular weight is 552 g/mol. The van der Waals surface area contributed by atoms with Crippen molar-refractivity contribution in [3.8, 4) is 50.6 Å². The summed E-state index contributed by atoms with van der Waals surface area (Å²) >= 11 is 0. The molecule has 8 rings (SSSR count). The summed E-state index contributed by atoms with van der Waals surface area (Å²) in [5.74, 6) is 0.710. The highest BCUT2D eigenvalue weighted by Crippen LogP contribution is 2.36. The molecule has 0 amide bonds. The number of hydrogen-bond donors (Lipinski definition) is 0. The molecule has 1 aliphatic rings. The maximum atomic E-state index is 5.16. The number of benzene rings is 5. The van der Waals surface area contributed by atoms with E-state index in [4.69, 9.17) is 9.97 Å². The van der Waals surface area contributed by atoms with Crippen LogP contribution in [-0.2, 0) is 6.42 Å². The molecule has 5 aromatic carbocycles. The second-order valence-corrected chi connectivity index (χ2v) is 11.0. The molecule has 1 aliphatic carbocycles. The highest BCUT2D eigenvalue weighted by molar-refractivity contribution is 5.95. The van der Waals surface area contributed by atoms with Crippen molar-refractivity contribution in [3.05, 3.63) is 157 Å². The van der Waals surface area contributed by atoms with Crippen LogP contribution in [0.3, 0.4) is 0 Å². The van der Waals surface area contributed by atoms with Gasteiger partial charge in [0.2, 0.25) is 5.95 Å². The zero-order valence-electron chi connectivity index (χ0n) is 23.7.